The zero-order chi connectivity index (χ0) is 17.3. The summed E-state index contributed by atoms with van der Waals surface area (Å²) in [7, 11) is 0. The number of fused-ring (bicyclic) bond motifs is 1. The SMILES string of the molecule is CCOC(=O)c1c(C)nc2sc(C#N)c(N)c2c1-c1ccccc1. The number of benzene rings is 1. The Balaban J connectivity index is 2.46. The fourth-order valence-electron chi connectivity index (χ4n) is 2.70. The highest BCUT2D eigenvalue weighted by atomic mass is 32.1. The summed E-state index contributed by atoms with van der Waals surface area (Å²) in [5.74, 6) is -0.438. The Kier molecular flexibility index (Phi) is 4.19. The van der Waals surface area contributed by atoms with Crippen molar-refractivity contribution < 1.29 is 9.53 Å². The molecule has 0 aliphatic carbocycles. The van der Waals surface area contributed by atoms with Gasteiger partial charge in [0.25, 0.3) is 0 Å². The standard InChI is InChI=1S/C18H15N3O2S/c1-3-23-18(22)13-10(2)21-17-15(16(20)12(9-19)24-17)14(13)11-7-5-4-6-8-11/h4-8H,3,20H2,1-2H3. The third kappa shape index (κ3) is 2.49. The largest absolute Gasteiger partial charge is 0.462 e. The summed E-state index contributed by atoms with van der Waals surface area (Å²) in [6, 6.07) is 11.6. The summed E-state index contributed by atoms with van der Waals surface area (Å²) in [5, 5.41) is 9.91. The number of esters is 1. The van der Waals surface area contributed by atoms with Gasteiger partial charge in [0.1, 0.15) is 15.8 Å². The number of thiophene rings is 1. The monoisotopic (exact) mass is 337 g/mol. The Morgan fingerprint density at radius 3 is 2.71 bits per heavy atom. The van der Waals surface area contributed by atoms with Crippen LogP contribution < -0.4 is 5.73 Å². The predicted molar refractivity (Wildman–Crippen MR) is 94.9 cm³/mol. The number of aryl methyl sites for hydroxylation is 1. The molecule has 1 aromatic carbocycles. The molecule has 0 atom stereocenters. The van der Waals surface area contributed by atoms with E-state index >= 15 is 0 Å². The van der Waals surface area contributed by atoms with Gasteiger partial charge in [-0.15, -0.1) is 11.3 Å². The zero-order valence-corrected chi connectivity index (χ0v) is 14.1. The van der Waals surface area contributed by atoms with Gasteiger partial charge in [-0.2, -0.15) is 5.26 Å². The van der Waals surface area contributed by atoms with Gasteiger partial charge >= 0.3 is 5.97 Å². The van der Waals surface area contributed by atoms with Gasteiger partial charge in [0.2, 0.25) is 0 Å². The summed E-state index contributed by atoms with van der Waals surface area (Å²) < 4.78 is 5.21. The van der Waals surface area contributed by atoms with Crippen molar-refractivity contribution in [3.63, 3.8) is 0 Å². The molecule has 2 N–H and O–H groups in total. The van der Waals surface area contributed by atoms with E-state index in [1.807, 2.05) is 30.3 Å². The highest BCUT2D eigenvalue weighted by Gasteiger charge is 2.25. The predicted octanol–water partition coefficient (Wildman–Crippen LogP) is 3.90. The lowest BCUT2D eigenvalue weighted by Gasteiger charge is -2.13. The number of hydrogen-bond acceptors (Lipinski definition) is 6. The molecule has 0 unspecified atom stereocenters. The molecule has 3 aromatic rings. The topological polar surface area (TPSA) is 89.0 Å². The molecule has 5 nitrogen and oxygen atoms in total. The van der Waals surface area contributed by atoms with E-state index < -0.39 is 5.97 Å². The van der Waals surface area contributed by atoms with Crippen molar-refractivity contribution in [3.05, 3.63) is 46.5 Å². The van der Waals surface area contributed by atoms with Gasteiger partial charge in [0.15, 0.2) is 0 Å². The number of ether oxygens (including phenoxy) is 1. The molecule has 0 saturated heterocycles. The number of nitrogens with zero attached hydrogens (tertiary/aromatic N) is 2. The van der Waals surface area contributed by atoms with Gasteiger partial charge in [-0.05, 0) is 19.4 Å². The highest BCUT2D eigenvalue weighted by Crippen LogP contribution is 2.41. The Labute approximate surface area is 143 Å². The number of rotatable bonds is 3. The van der Waals surface area contributed by atoms with Crippen LogP contribution in [0.3, 0.4) is 0 Å². The van der Waals surface area contributed by atoms with Crippen LogP contribution in [0.2, 0.25) is 0 Å². The smallest absolute Gasteiger partial charge is 0.340 e. The maximum absolute atomic E-state index is 12.5. The molecule has 0 amide bonds. The van der Waals surface area contributed by atoms with Crippen LogP contribution in [-0.4, -0.2) is 17.6 Å². The molecule has 120 valence electrons. The summed E-state index contributed by atoms with van der Waals surface area (Å²) in [4.78, 5) is 18.1. The molecule has 0 saturated carbocycles. The summed E-state index contributed by atoms with van der Waals surface area (Å²) >= 11 is 1.23. The van der Waals surface area contributed by atoms with Crippen LogP contribution >= 0.6 is 11.3 Å². The van der Waals surface area contributed by atoms with Crippen LogP contribution in [0.1, 0.15) is 27.9 Å². The summed E-state index contributed by atoms with van der Waals surface area (Å²) in [5.41, 5.74) is 9.00. The molecule has 3 rings (SSSR count). The molecule has 6 heteroatoms. The van der Waals surface area contributed by atoms with Crippen LogP contribution in [0.15, 0.2) is 30.3 Å². The molecule has 24 heavy (non-hydrogen) atoms. The molecule has 0 radical (unpaired) electrons. The molecule has 0 fully saturated rings. The number of nitrogens with two attached hydrogens (primary N) is 1. The highest BCUT2D eigenvalue weighted by molar-refractivity contribution is 7.20. The van der Waals surface area contributed by atoms with Gasteiger partial charge in [-0.25, -0.2) is 9.78 Å². The molecule has 2 aromatic heterocycles. The Morgan fingerprint density at radius 1 is 1.38 bits per heavy atom. The second kappa shape index (κ2) is 6.30. The molecule has 0 aliphatic rings. The molecule has 0 aliphatic heterocycles. The molecular formula is C18H15N3O2S. The number of carbonyl (C=O) groups excluding carboxylic acids is 1. The number of nitriles is 1. The number of aromatic nitrogens is 1. The van der Waals surface area contributed by atoms with Crippen molar-refractivity contribution in [2.45, 2.75) is 13.8 Å². The van der Waals surface area contributed by atoms with E-state index in [0.717, 1.165) is 5.56 Å². The van der Waals surface area contributed by atoms with Crippen molar-refractivity contribution >= 4 is 33.2 Å². The average Bonchev–Trinajstić information content (AvgIpc) is 2.90. The number of nitrogen functional groups attached to an aromatic ring is 1. The van der Waals surface area contributed by atoms with Crippen molar-refractivity contribution in [1.82, 2.24) is 4.98 Å². The molecular weight excluding hydrogens is 322 g/mol. The van der Waals surface area contributed by atoms with Crippen LogP contribution in [0.5, 0.6) is 0 Å². The minimum atomic E-state index is -0.438. The van der Waals surface area contributed by atoms with Gasteiger partial charge in [-0.1, -0.05) is 30.3 Å². The normalized spacial score (nSPS) is 10.5. The third-order valence-corrected chi connectivity index (χ3v) is 4.71. The van der Waals surface area contributed by atoms with Gasteiger partial charge in [0.05, 0.1) is 23.6 Å². The number of hydrogen-bond donors (Lipinski definition) is 1. The van der Waals surface area contributed by atoms with E-state index in [4.69, 9.17) is 10.5 Å². The van der Waals surface area contributed by atoms with Gasteiger partial charge in [-0.3, -0.25) is 0 Å². The lowest BCUT2D eigenvalue weighted by Crippen LogP contribution is -2.10. The maximum Gasteiger partial charge on any atom is 0.340 e. The van der Waals surface area contributed by atoms with Crippen molar-refractivity contribution in [2.24, 2.45) is 0 Å². The van der Waals surface area contributed by atoms with Crippen LogP contribution in [0, 0.1) is 18.3 Å². The molecule has 0 spiro atoms. The van der Waals surface area contributed by atoms with Crippen molar-refractivity contribution in [1.29, 1.82) is 5.26 Å². The number of anilines is 1. The van der Waals surface area contributed by atoms with E-state index in [1.165, 1.54) is 11.3 Å². The second-order valence-corrected chi connectivity index (χ2v) is 6.17. The van der Waals surface area contributed by atoms with Crippen molar-refractivity contribution in [3.8, 4) is 17.2 Å². The Hall–Kier alpha value is -2.91. The van der Waals surface area contributed by atoms with E-state index in [9.17, 15) is 10.1 Å². The average molecular weight is 337 g/mol. The zero-order valence-electron chi connectivity index (χ0n) is 13.3. The first-order valence-electron chi connectivity index (χ1n) is 7.43. The minimum Gasteiger partial charge on any atom is -0.462 e. The lowest BCUT2D eigenvalue weighted by molar-refractivity contribution is 0.0526. The van der Waals surface area contributed by atoms with Crippen LogP contribution in [-0.2, 0) is 4.74 Å². The number of pyridine rings is 1. The van der Waals surface area contributed by atoms with E-state index in [1.54, 1.807) is 13.8 Å². The van der Waals surface area contributed by atoms with Crippen LogP contribution in [0.4, 0.5) is 5.69 Å². The Morgan fingerprint density at radius 2 is 2.08 bits per heavy atom. The fourth-order valence-corrected chi connectivity index (χ4v) is 3.64. The van der Waals surface area contributed by atoms with E-state index in [-0.39, 0.29) is 6.61 Å². The maximum atomic E-state index is 12.5. The molecule has 0 bridgehead atoms. The second-order valence-electron chi connectivity index (χ2n) is 5.17. The van der Waals surface area contributed by atoms with Crippen molar-refractivity contribution in [2.75, 3.05) is 12.3 Å². The van der Waals surface area contributed by atoms with Gasteiger partial charge in [0, 0.05) is 10.9 Å². The fraction of sp³-hybridized carbons (Fsp3) is 0.167. The van der Waals surface area contributed by atoms with Gasteiger partial charge < -0.3 is 10.5 Å². The Bertz CT molecular complexity index is 972. The van der Waals surface area contributed by atoms with E-state index in [0.29, 0.717) is 37.6 Å². The minimum absolute atomic E-state index is 0.271. The summed E-state index contributed by atoms with van der Waals surface area (Å²) in [6.45, 7) is 3.79. The first-order chi connectivity index (χ1) is 11.6. The first-order valence-corrected chi connectivity index (χ1v) is 8.25. The summed E-state index contributed by atoms with van der Waals surface area (Å²) in [6.07, 6.45) is 0. The number of carbonyl (C=O) groups is 1. The van der Waals surface area contributed by atoms with Crippen LogP contribution in [0.25, 0.3) is 21.3 Å². The van der Waals surface area contributed by atoms with E-state index in [2.05, 4.69) is 11.1 Å². The third-order valence-electron chi connectivity index (χ3n) is 3.70. The lowest BCUT2D eigenvalue weighted by atomic mass is 9.95. The quantitative estimate of drug-likeness (QED) is 0.732. The first kappa shape index (κ1) is 16.0. The molecule has 2 heterocycles.